The lowest BCUT2D eigenvalue weighted by Crippen LogP contribution is -2.37. The van der Waals surface area contributed by atoms with Gasteiger partial charge in [-0.15, -0.1) is 0 Å². The zero-order chi connectivity index (χ0) is 10.5. The zero-order valence-electron chi connectivity index (χ0n) is 9.19. The Balaban J connectivity index is 1.64. The van der Waals surface area contributed by atoms with E-state index in [9.17, 15) is 0 Å². The molecule has 1 aromatic rings. The van der Waals surface area contributed by atoms with E-state index in [4.69, 9.17) is 9.47 Å². The monoisotopic (exact) mass is 206 g/mol. The molecule has 0 saturated heterocycles. The predicted molar refractivity (Wildman–Crippen MR) is 59.7 cm³/mol. The van der Waals surface area contributed by atoms with E-state index in [1.165, 1.54) is 5.56 Å². The summed E-state index contributed by atoms with van der Waals surface area (Å²) in [5.74, 6) is 0. The van der Waals surface area contributed by atoms with Crippen LogP contribution in [0.25, 0.3) is 0 Å². The molecule has 1 fully saturated rings. The minimum atomic E-state index is 0.404. The van der Waals surface area contributed by atoms with Gasteiger partial charge in [-0.25, -0.2) is 0 Å². The molecule has 0 N–H and O–H groups in total. The maximum absolute atomic E-state index is 5.76. The Labute approximate surface area is 91.2 Å². The lowest BCUT2D eigenvalue weighted by atomic mass is 9.92. The summed E-state index contributed by atoms with van der Waals surface area (Å²) in [6, 6.07) is 10.3. The van der Waals surface area contributed by atoms with E-state index in [1.54, 1.807) is 0 Å². The summed E-state index contributed by atoms with van der Waals surface area (Å²) in [5, 5.41) is 0. The van der Waals surface area contributed by atoms with E-state index in [0.717, 1.165) is 26.1 Å². The minimum Gasteiger partial charge on any atom is -0.378 e. The predicted octanol–water partition coefficient (Wildman–Crippen LogP) is 2.77. The molecule has 82 valence electrons. The van der Waals surface area contributed by atoms with Crippen molar-refractivity contribution >= 4 is 0 Å². The van der Waals surface area contributed by atoms with Gasteiger partial charge in [0.15, 0.2) is 0 Å². The van der Waals surface area contributed by atoms with Gasteiger partial charge in [-0.3, -0.25) is 0 Å². The van der Waals surface area contributed by atoms with Crippen molar-refractivity contribution in [3.8, 4) is 0 Å². The molecular weight excluding hydrogens is 188 g/mol. The Bertz CT molecular complexity index is 278. The van der Waals surface area contributed by atoms with E-state index in [2.05, 4.69) is 12.1 Å². The van der Waals surface area contributed by atoms with Gasteiger partial charge in [0, 0.05) is 6.61 Å². The van der Waals surface area contributed by atoms with Gasteiger partial charge in [0.25, 0.3) is 0 Å². The summed E-state index contributed by atoms with van der Waals surface area (Å²) in [6.45, 7) is 3.58. The first-order valence-electron chi connectivity index (χ1n) is 5.65. The number of hydrogen-bond acceptors (Lipinski definition) is 2. The highest BCUT2D eigenvalue weighted by Crippen LogP contribution is 2.26. The summed E-state index contributed by atoms with van der Waals surface area (Å²) >= 11 is 0. The van der Waals surface area contributed by atoms with Gasteiger partial charge in [-0.2, -0.15) is 0 Å². The van der Waals surface area contributed by atoms with Crippen LogP contribution in [0.1, 0.15) is 25.3 Å². The highest BCUT2D eigenvalue weighted by molar-refractivity contribution is 5.13. The first kappa shape index (κ1) is 10.7. The van der Waals surface area contributed by atoms with Gasteiger partial charge in [0.1, 0.15) is 0 Å². The lowest BCUT2D eigenvalue weighted by Gasteiger charge is -2.34. The van der Waals surface area contributed by atoms with Crippen molar-refractivity contribution in [1.82, 2.24) is 0 Å². The van der Waals surface area contributed by atoms with Crippen molar-refractivity contribution in [2.24, 2.45) is 0 Å². The van der Waals surface area contributed by atoms with Gasteiger partial charge in [0.05, 0.1) is 18.8 Å². The molecule has 1 aliphatic rings. The fourth-order valence-corrected chi connectivity index (χ4v) is 1.81. The van der Waals surface area contributed by atoms with E-state index < -0.39 is 0 Å². The molecule has 2 rings (SSSR count). The summed E-state index contributed by atoms with van der Waals surface area (Å²) in [4.78, 5) is 0. The Kier molecular flexibility index (Phi) is 3.75. The van der Waals surface area contributed by atoms with E-state index in [-0.39, 0.29) is 0 Å². The van der Waals surface area contributed by atoms with Crippen LogP contribution in [0.4, 0.5) is 0 Å². The van der Waals surface area contributed by atoms with Gasteiger partial charge in [0.2, 0.25) is 0 Å². The Morgan fingerprint density at radius 3 is 2.40 bits per heavy atom. The van der Waals surface area contributed by atoms with Gasteiger partial charge >= 0.3 is 0 Å². The molecule has 0 amide bonds. The third-order valence-corrected chi connectivity index (χ3v) is 2.78. The topological polar surface area (TPSA) is 18.5 Å². The number of rotatable bonds is 5. The largest absolute Gasteiger partial charge is 0.378 e. The fourth-order valence-electron chi connectivity index (χ4n) is 1.81. The number of benzene rings is 1. The first-order valence-corrected chi connectivity index (χ1v) is 5.65. The molecule has 15 heavy (non-hydrogen) atoms. The maximum Gasteiger partial charge on any atom is 0.0720 e. The molecule has 0 radical (unpaired) electrons. The van der Waals surface area contributed by atoms with Crippen molar-refractivity contribution in [3.05, 3.63) is 35.9 Å². The van der Waals surface area contributed by atoms with Gasteiger partial charge in [-0.1, -0.05) is 30.3 Å². The quantitative estimate of drug-likeness (QED) is 0.737. The molecule has 1 saturated carbocycles. The second-order valence-corrected chi connectivity index (χ2v) is 3.97. The fraction of sp³-hybridized carbons (Fsp3) is 0.538. The smallest absolute Gasteiger partial charge is 0.0720 e. The second kappa shape index (κ2) is 5.29. The molecule has 0 aliphatic heterocycles. The SMILES string of the molecule is CCO[C@H]1C[C@H](OCc2ccccc2)C1. The lowest BCUT2D eigenvalue weighted by molar-refractivity contribution is -0.104. The van der Waals surface area contributed by atoms with Gasteiger partial charge in [-0.05, 0) is 25.3 Å². The molecule has 0 heterocycles. The summed E-state index contributed by atoms with van der Waals surface area (Å²) in [5.41, 5.74) is 1.25. The molecule has 0 unspecified atom stereocenters. The molecule has 2 heteroatoms. The first-order chi connectivity index (χ1) is 7.38. The Hall–Kier alpha value is -0.860. The third-order valence-electron chi connectivity index (χ3n) is 2.78. The van der Waals surface area contributed by atoms with Crippen molar-refractivity contribution in [1.29, 1.82) is 0 Å². The zero-order valence-corrected chi connectivity index (χ0v) is 9.19. The molecule has 1 aliphatic carbocycles. The minimum absolute atomic E-state index is 0.404. The van der Waals surface area contributed by atoms with Crippen LogP contribution in [0.15, 0.2) is 30.3 Å². The van der Waals surface area contributed by atoms with Crippen LogP contribution in [0, 0.1) is 0 Å². The standard InChI is InChI=1S/C13H18O2/c1-2-14-12-8-13(9-12)15-10-11-6-4-3-5-7-11/h3-7,12-13H,2,8-10H2,1H3/t12-,13-. The van der Waals surface area contributed by atoms with Crippen LogP contribution in [0.3, 0.4) is 0 Å². The van der Waals surface area contributed by atoms with Crippen LogP contribution in [-0.2, 0) is 16.1 Å². The normalized spacial score (nSPS) is 24.9. The average Bonchev–Trinajstić information content (AvgIpc) is 2.23. The molecule has 2 nitrogen and oxygen atoms in total. The highest BCUT2D eigenvalue weighted by atomic mass is 16.5. The van der Waals surface area contributed by atoms with Crippen molar-refractivity contribution in [2.45, 2.75) is 38.6 Å². The number of hydrogen-bond donors (Lipinski definition) is 0. The summed E-state index contributed by atoms with van der Waals surface area (Å²) in [6.07, 6.45) is 2.96. The summed E-state index contributed by atoms with van der Waals surface area (Å²) < 4.78 is 11.2. The molecule has 0 spiro atoms. The van der Waals surface area contributed by atoms with Crippen LogP contribution in [0.2, 0.25) is 0 Å². The maximum atomic E-state index is 5.76. The van der Waals surface area contributed by atoms with Crippen LogP contribution >= 0.6 is 0 Å². The molecule has 0 aromatic heterocycles. The van der Waals surface area contributed by atoms with Crippen molar-refractivity contribution in [2.75, 3.05) is 6.61 Å². The van der Waals surface area contributed by atoms with Gasteiger partial charge < -0.3 is 9.47 Å². The van der Waals surface area contributed by atoms with E-state index in [1.807, 2.05) is 25.1 Å². The summed E-state index contributed by atoms with van der Waals surface area (Å²) in [7, 11) is 0. The van der Waals surface area contributed by atoms with Crippen molar-refractivity contribution in [3.63, 3.8) is 0 Å². The Morgan fingerprint density at radius 1 is 1.07 bits per heavy atom. The second-order valence-electron chi connectivity index (χ2n) is 3.97. The molecule has 0 bridgehead atoms. The number of ether oxygens (including phenoxy) is 2. The molecule has 1 aromatic carbocycles. The Morgan fingerprint density at radius 2 is 1.73 bits per heavy atom. The van der Waals surface area contributed by atoms with E-state index >= 15 is 0 Å². The third kappa shape index (κ3) is 3.05. The highest BCUT2D eigenvalue weighted by Gasteiger charge is 2.30. The average molecular weight is 206 g/mol. The molecule has 0 atom stereocenters. The molecular formula is C13H18O2. The van der Waals surface area contributed by atoms with Crippen LogP contribution in [-0.4, -0.2) is 18.8 Å². The van der Waals surface area contributed by atoms with Crippen LogP contribution in [0.5, 0.6) is 0 Å². The van der Waals surface area contributed by atoms with Crippen molar-refractivity contribution < 1.29 is 9.47 Å². The van der Waals surface area contributed by atoms with Crippen LogP contribution < -0.4 is 0 Å². The van der Waals surface area contributed by atoms with E-state index in [0.29, 0.717) is 12.2 Å².